The summed E-state index contributed by atoms with van der Waals surface area (Å²) < 4.78 is 0. The van der Waals surface area contributed by atoms with Gasteiger partial charge in [-0.15, -0.1) is 11.8 Å². The molecule has 20 heavy (non-hydrogen) atoms. The molecule has 1 amide bonds. The van der Waals surface area contributed by atoms with Crippen molar-refractivity contribution in [3.63, 3.8) is 0 Å². The molecule has 3 atom stereocenters. The second kappa shape index (κ2) is 3.88. The summed E-state index contributed by atoms with van der Waals surface area (Å²) >= 11 is 1.72. The Morgan fingerprint density at radius 1 is 1.35 bits per heavy atom. The van der Waals surface area contributed by atoms with Crippen molar-refractivity contribution >= 4 is 23.6 Å². The van der Waals surface area contributed by atoms with Crippen LogP contribution in [0.5, 0.6) is 0 Å². The molecular weight excluding hydrogens is 270 g/mol. The van der Waals surface area contributed by atoms with Crippen molar-refractivity contribution in [3.05, 3.63) is 47.4 Å². The Bertz CT molecular complexity index is 629. The van der Waals surface area contributed by atoms with Crippen molar-refractivity contribution in [3.8, 4) is 0 Å². The number of nitrogens with zero attached hydrogens (tertiary/aromatic N) is 2. The number of amides is 1. The predicted molar refractivity (Wildman–Crippen MR) is 79.4 cm³/mol. The number of fused-ring (bicyclic) bond motifs is 4. The zero-order chi connectivity index (χ0) is 13.9. The second-order valence-electron chi connectivity index (χ2n) is 5.42. The lowest BCUT2D eigenvalue weighted by Crippen LogP contribution is -2.73. The molecule has 0 bridgehead atoms. The van der Waals surface area contributed by atoms with Crippen LogP contribution in [0.4, 0.5) is 0 Å². The van der Waals surface area contributed by atoms with Gasteiger partial charge in [-0.2, -0.15) is 0 Å². The molecule has 1 aromatic rings. The number of hydrogen-bond acceptors (Lipinski definition) is 3. The fraction of sp³-hybridized carbons (Fsp3) is 0.333. The van der Waals surface area contributed by atoms with Gasteiger partial charge in [-0.25, -0.2) is 0 Å². The van der Waals surface area contributed by atoms with Crippen LogP contribution in [0.15, 0.2) is 41.8 Å². The number of carbonyl (C=O) groups excluding carboxylic acids is 1. The molecular formula is C15H15N3OS. The zero-order valence-corrected chi connectivity index (χ0v) is 11.9. The second-order valence-corrected chi connectivity index (χ2v) is 6.47. The molecule has 2 fully saturated rings. The minimum absolute atomic E-state index is 0.0257. The van der Waals surface area contributed by atoms with E-state index < -0.39 is 5.54 Å². The van der Waals surface area contributed by atoms with Crippen molar-refractivity contribution in [2.24, 2.45) is 0 Å². The first-order valence-corrected chi connectivity index (χ1v) is 7.65. The standard InChI is InChI=1S/C15H15N3OS/c1-17-13(19)15(10-6-3-2-4-7-10)12-11(8-5-9-20-12)18(15)14(17)16/h2-7,9,11-12,16H,8H2,1H3/t11?,12-,15?/m1/s1. The summed E-state index contributed by atoms with van der Waals surface area (Å²) in [5, 5.41) is 10.6. The van der Waals surface area contributed by atoms with Crippen molar-refractivity contribution in [2.75, 3.05) is 7.05 Å². The smallest absolute Gasteiger partial charge is 0.260 e. The molecule has 0 radical (unpaired) electrons. The molecule has 1 aromatic carbocycles. The van der Waals surface area contributed by atoms with Gasteiger partial charge in [-0.3, -0.25) is 15.1 Å². The average molecular weight is 285 g/mol. The van der Waals surface area contributed by atoms with Crippen LogP contribution in [0.2, 0.25) is 0 Å². The molecule has 4 rings (SSSR count). The fourth-order valence-corrected chi connectivity index (χ4v) is 5.02. The molecule has 4 nitrogen and oxygen atoms in total. The zero-order valence-electron chi connectivity index (χ0n) is 11.1. The molecule has 0 aliphatic carbocycles. The van der Waals surface area contributed by atoms with Crippen LogP contribution in [0.1, 0.15) is 12.0 Å². The summed E-state index contributed by atoms with van der Waals surface area (Å²) in [6.07, 6.45) is 3.05. The number of carbonyl (C=O) groups is 1. The number of benzene rings is 1. The van der Waals surface area contributed by atoms with Gasteiger partial charge >= 0.3 is 0 Å². The first kappa shape index (κ1) is 12.0. The molecule has 0 saturated carbocycles. The largest absolute Gasteiger partial charge is 0.318 e. The van der Waals surface area contributed by atoms with Gasteiger partial charge in [0.25, 0.3) is 5.91 Å². The monoisotopic (exact) mass is 285 g/mol. The van der Waals surface area contributed by atoms with Crippen molar-refractivity contribution < 1.29 is 4.79 Å². The van der Waals surface area contributed by atoms with Gasteiger partial charge < -0.3 is 4.90 Å². The molecule has 3 aliphatic rings. The number of likely N-dealkylation sites (N-methyl/N-ethyl adjacent to an activating group) is 1. The lowest BCUT2D eigenvalue weighted by atomic mass is 9.72. The highest BCUT2D eigenvalue weighted by molar-refractivity contribution is 8.03. The van der Waals surface area contributed by atoms with Crippen molar-refractivity contribution in [1.82, 2.24) is 9.80 Å². The molecule has 0 aromatic heterocycles. The maximum absolute atomic E-state index is 12.9. The molecule has 2 saturated heterocycles. The third-order valence-corrected chi connectivity index (χ3v) is 5.86. The minimum Gasteiger partial charge on any atom is -0.318 e. The fourth-order valence-electron chi connectivity index (χ4n) is 3.67. The Kier molecular flexibility index (Phi) is 2.33. The van der Waals surface area contributed by atoms with E-state index >= 15 is 0 Å². The Morgan fingerprint density at radius 3 is 2.85 bits per heavy atom. The number of guanidine groups is 1. The van der Waals surface area contributed by atoms with E-state index in [-0.39, 0.29) is 17.2 Å². The summed E-state index contributed by atoms with van der Waals surface area (Å²) in [5.41, 5.74) is 0.329. The van der Waals surface area contributed by atoms with Crippen LogP contribution < -0.4 is 0 Å². The molecule has 2 unspecified atom stereocenters. The van der Waals surface area contributed by atoms with E-state index in [1.54, 1.807) is 18.8 Å². The van der Waals surface area contributed by atoms with E-state index in [1.165, 1.54) is 4.90 Å². The maximum Gasteiger partial charge on any atom is 0.260 e. The van der Waals surface area contributed by atoms with Gasteiger partial charge in [0.05, 0.1) is 11.3 Å². The molecule has 5 heteroatoms. The number of rotatable bonds is 1. The third kappa shape index (κ3) is 1.15. The molecule has 102 valence electrons. The first-order valence-electron chi connectivity index (χ1n) is 6.71. The van der Waals surface area contributed by atoms with Crippen LogP contribution in [0.25, 0.3) is 0 Å². The lowest BCUT2D eigenvalue weighted by Gasteiger charge is -2.59. The van der Waals surface area contributed by atoms with Crippen molar-refractivity contribution in [2.45, 2.75) is 23.3 Å². The number of hydrogen-bond donors (Lipinski definition) is 1. The Labute approximate surface area is 121 Å². The Balaban J connectivity index is 1.91. The third-order valence-electron chi connectivity index (χ3n) is 4.56. The normalized spacial score (nSPS) is 34.9. The highest BCUT2D eigenvalue weighted by Crippen LogP contribution is 2.58. The number of nitrogens with one attached hydrogen (secondary N) is 1. The summed E-state index contributed by atoms with van der Waals surface area (Å²) in [4.78, 5) is 16.4. The molecule has 3 aliphatic heterocycles. The van der Waals surface area contributed by atoms with Gasteiger partial charge in [-0.05, 0) is 17.4 Å². The van der Waals surface area contributed by atoms with E-state index in [4.69, 9.17) is 5.41 Å². The van der Waals surface area contributed by atoms with Crippen LogP contribution in [-0.4, -0.2) is 40.0 Å². The van der Waals surface area contributed by atoms with Crippen molar-refractivity contribution in [1.29, 1.82) is 5.41 Å². The van der Waals surface area contributed by atoms with Gasteiger partial charge in [0, 0.05) is 7.05 Å². The summed E-state index contributed by atoms with van der Waals surface area (Å²) in [5.74, 6) is 0.355. The van der Waals surface area contributed by atoms with E-state index in [9.17, 15) is 4.79 Å². The maximum atomic E-state index is 12.9. The van der Waals surface area contributed by atoms with Crippen LogP contribution in [-0.2, 0) is 10.3 Å². The summed E-state index contributed by atoms with van der Waals surface area (Å²) in [7, 11) is 1.71. The molecule has 3 heterocycles. The van der Waals surface area contributed by atoms with Gasteiger partial charge in [0.1, 0.15) is 0 Å². The van der Waals surface area contributed by atoms with Gasteiger partial charge in [0.15, 0.2) is 5.54 Å². The quantitative estimate of drug-likeness (QED) is 0.858. The first-order chi connectivity index (χ1) is 9.69. The van der Waals surface area contributed by atoms with E-state index in [2.05, 4.69) is 11.5 Å². The Hall–Kier alpha value is -1.75. The average Bonchev–Trinajstić information content (AvgIpc) is 2.64. The SMILES string of the molecule is CN1C(=N)N2C3CC=CS[C@H]3C2(c2ccccc2)C1=O. The summed E-state index contributed by atoms with van der Waals surface area (Å²) in [6, 6.07) is 10.2. The molecule has 0 spiro atoms. The highest BCUT2D eigenvalue weighted by atomic mass is 32.2. The van der Waals surface area contributed by atoms with Crippen LogP contribution in [0, 0.1) is 5.41 Å². The summed E-state index contributed by atoms with van der Waals surface area (Å²) in [6.45, 7) is 0. The molecule has 1 N–H and O–H groups in total. The lowest BCUT2D eigenvalue weighted by molar-refractivity contribution is -0.139. The number of thioether (sulfide) groups is 1. The highest BCUT2D eigenvalue weighted by Gasteiger charge is 2.72. The van der Waals surface area contributed by atoms with E-state index in [0.717, 1.165) is 12.0 Å². The van der Waals surface area contributed by atoms with Gasteiger partial charge in [0.2, 0.25) is 5.96 Å². The predicted octanol–water partition coefficient (Wildman–Crippen LogP) is 1.99. The van der Waals surface area contributed by atoms with E-state index in [0.29, 0.717) is 5.96 Å². The Morgan fingerprint density at radius 2 is 2.10 bits per heavy atom. The van der Waals surface area contributed by atoms with Crippen LogP contribution >= 0.6 is 11.8 Å². The van der Waals surface area contributed by atoms with Crippen LogP contribution in [0.3, 0.4) is 0 Å². The topological polar surface area (TPSA) is 47.4 Å². The minimum atomic E-state index is -0.673. The van der Waals surface area contributed by atoms with E-state index in [1.807, 2.05) is 35.2 Å². The van der Waals surface area contributed by atoms with Gasteiger partial charge in [-0.1, -0.05) is 36.4 Å².